The maximum Gasteiger partial charge on any atom is 0.247 e. The van der Waals surface area contributed by atoms with Crippen molar-refractivity contribution in [1.82, 2.24) is 15.3 Å². The monoisotopic (exact) mass is 223 g/mol. The molecule has 0 spiro atoms. The highest BCUT2D eigenvalue weighted by Gasteiger charge is 2.21. The minimum absolute atomic E-state index is 0.204. The van der Waals surface area contributed by atoms with E-state index in [0.717, 1.165) is 6.26 Å². The minimum atomic E-state index is -3.37. The van der Waals surface area contributed by atoms with Gasteiger partial charge in [0, 0.05) is 18.6 Å². The number of hydrogen-bond donors (Lipinski definition) is 0. The predicted octanol–water partition coefficient (Wildman–Crippen LogP) is -0.206. The minimum Gasteiger partial charge on any atom is -0.235 e. The number of sulfone groups is 1. The smallest absolute Gasteiger partial charge is 0.235 e. The van der Waals surface area contributed by atoms with Gasteiger partial charge in [0.05, 0.1) is 6.20 Å². The van der Waals surface area contributed by atoms with Gasteiger partial charge in [-0.3, -0.25) is 0 Å². The van der Waals surface area contributed by atoms with Crippen LogP contribution in [0.5, 0.6) is 0 Å². The van der Waals surface area contributed by atoms with Crippen LogP contribution >= 0.6 is 0 Å². The number of hydrogen-bond acceptors (Lipinski definition) is 5. The molecule has 0 fully saturated rings. The second kappa shape index (κ2) is 3.43. The number of amidine groups is 1. The third-order valence-corrected chi connectivity index (χ3v) is 2.50. The van der Waals surface area contributed by atoms with Crippen molar-refractivity contribution in [3.05, 3.63) is 30.5 Å². The molecule has 0 saturated carbocycles. The standard InChI is InChI=1S/C8H7N4O2S/c1-15(13,14)8-11-5-6(12-8)7-9-3-2-4-10-7/h2-5H,1H3. The lowest BCUT2D eigenvalue weighted by Crippen LogP contribution is -2.17. The first kappa shape index (κ1) is 9.78. The van der Waals surface area contributed by atoms with Gasteiger partial charge in [0.1, 0.15) is 5.70 Å². The summed E-state index contributed by atoms with van der Waals surface area (Å²) in [5.74, 6) is 0.361. The zero-order chi connectivity index (χ0) is 10.9. The third kappa shape index (κ3) is 2.01. The fourth-order valence-corrected chi connectivity index (χ4v) is 1.50. The second-order valence-electron chi connectivity index (χ2n) is 2.88. The highest BCUT2D eigenvalue weighted by molar-refractivity contribution is 8.05. The summed E-state index contributed by atoms with van der Waals surface area (Å²) in [6.07, 6.45) is 5.50. The number of rotatable bonds is 1. The van der Waals surface area contributed by atoms with Crippen LogP contribution in [0.25, 0.3) is 5.70 Å². The van der Waals surface area contributed by atoms with E-state index in [-0.39, 0.29) is 5.17 Å². The summed E-state index contributed by atoms with van der Waals surface area (Å²) < 4.78 is 22.2. The van der Waals surface area contributed by atoms with E-state index in [2.05, 4.69) is 20.3 Å². The van der Waals surface area contributed by atoms with Gasteiger partial charge < -0.3 is 0 Å². The average molecular weight is 223 g/mol. The number of aromatic nitrogens is 2. The molecule has 0 amide bonds. The first-order valence-electron chi connectivity index (χ1n) is 4.04. The Kier molecular flexibility index (Phi) is 2.24. The number of nitrogens with zero attached hydrogens (tertiary/aromatic N) is 4. The van der Waals surface area contributed by atoms with Crippen molar-refractivity contribution in [2.45, 2.75) is 0 Å². The van der Waals surface area contributed by atoms with E-state index in [0.29, 0.717) is 11.5 Å². The molecule has 7 heteroatoms. The molecule has 1 aliphatic rings. The molecule has 0 saturated heterocycles. The Morgan fingerprint density at radius 1 is 1.20 bits per heavy atom. The van der Waals surface area contributed by atoms with Gasteiger partial charge in [-0.15, -0.1) is 0 Å². The van der Waals surface area contributed by atoms with Crippen LogP contribution in [0, 0.1) is 0 Å². The van der Waals surface area contributed by atoms with Crippen LogP contribution in [0.15, 0.2) is 29.7 Å². The largest absolute Gasteiger partial charge is 0.247 e. The van der Waals surface area contributed by atoms with E-state index in [4.69, 9.17) is 0 Å². The van der Waals surface area contributed by atoms with Gasteiger partial charge in [-0.25, -0.2) is 28.7 Å². The molecule has 0 aromatic carbocycles. The van der Waals surface area contributed by atoms with Crippen molar-refractivity contribution in [2.75, 3.05) is 6.26 Å². The second-order valence-corrected chi connectivity index (χ2v) is 4.79. The van der Waals surface area contributed by atoms with Crippen LogP contribution in [0.4, 0.5) is 0 Å². The van der Waals surface area contributed by atoms with E-state index >= 15 is 0 Å². The van der Waals surface area contributed by atoms with Crippen molar-refractivity contribution in [3.63, 3.8) is 0 Å². The summed E-state index contributed by atoms with van der Waals surface area (Å²) in [7, 11) is -3.37. The Labute approximate surface area is 86.7 Å². The Balaban J connectivity index is 2.34. The van der Waals surface area contributed by atoms with Crippen LogP contribution in [0.2, 0.25) is 0 Å². The van der Waals surface area contributed by atoms with E-state index in [1.54, 1.807) is 18.5 Å². The summed E-state index contributed by atoms with van der Waals surface area (Å²) in [5.41, 5.74) is 0.357. The van der Waals surface area contributed by atoms with Gasteiger partial charge in [-0.1, -0.05) is 0 Å². The molecular weight excluding hydrogens is 216 g/mol. The van der Waals surface area contributed by atoms with Crippen molar-refractivity contribution in [3.8, 4) is 0 Å². The molecule has 0 N–H and O–H groups in total. The summed E-state index contributed by atoms with van der Waals surface area (Å²) in [6, 6.07) is 1.66. The molecule has 0 atom stereocenters. The van der Waals surface area contributed by atoms with Crippen molar-refractivity contribution < 1.29 is 8.42 Å². The molecule has 15 heavy (non-hydrogen) atoms. The predicted molar refractivity (Wildman–Crippen MR) is 54.4 cm³/mol. The van der Waals surface area contributed by atoms with E-state index in [1.165, 1.54) is 6.20 Å². The molecule has 0 bridgehead atoms. The molecule has 77 valence electrons. The molecule has 1 aliphatic heterocycles. The summed E-state index contributed by atoms with van der Waals surface area (Å²) in [5, 5.41) is 3.48. The van der Waals surface area contributed by atoms with Crippen LogP contribution < -0.4 is 5.32 Å². The fraction of sp³-hybridized carbons (Fsp3) is 0.125. The Bertz CT molecular complexity index is 533. The zero-order valence-corrected chi connectivity index (χ0v) is 8.64. The van der Waals surface area contributed by atoms with Crippen LogP contribution in [-0.4, -0.2) is 29.8 Å². The van der Waals surface area contributed by atoms with Gasteiger partial charge in [-0.05, 0) is 6.07 Å². The van der Waals surface area contributed by atoms with Crippen molar-refractivity contribution >= 4 is 20.7 Å². The molecule has 0 aliphatic carbocycles. The normalized spacial score (nSPS) is 15.5. The maximum absolute atomic E-state index is 11.1. The Morgan fingerprint density at radius 2 is 1.87 bits per heavy atom. The maximum atomic E-state index is 11.1. The van der Waals surface area contributed by atoms with Gasteiger partial charge in [0.25, 0.3) is 0 Å². The van der Waals surface area contributed by atoms with Crippen LogP contribution in [0.3, 0.4) is 0 Å². The van der Waals surface area contributed by atoms with Crippen molar-refractivity contribution in [1.29, 1.82) is 0 Å². The lowest BCUT2D eigenvalue weighted by molar-refractivity contribution is 0.611. The first-order valence-corrected chi connectivity index (χ1v) is 5.94. The molecule has 2 rings (SSSR count). The van der Waals surface area contributed by atoms with E-state index in [9.17, 15) is 8.42 Å². The molecular formula is C8H7N4O2S. The summed E-state index contributed by atoms with van der Waals surface area (Å²) in [4.78, 5) is 11.7. The molecule has 1 radical (unpaired) electrons. The van der Waals surface area contributed by atoms with Crippen molar-refractivity contribution in [2.24, 2.45) is 4.99 Å². The fourth-order valence-electron chi connectivity index (χ4n) is 0.995. The molecule has 6 nitrogen and oxygen atoms in total. The highest BCUT2D eigenvalue weighted by atomic mass is 32.2. The van der Waals surface area contributed by atoms with Gasteiger partial charge in [0.2, 0.25) is 15.0 Å². The van der Waals surface area contributed by atoms with Crippen LogP contribution in [-0.2, 0) is 9.84 Å². The zero-order valence-electron chi connectivity index (χ0n) is 7.82. The lowest BCUT2D eigenvalue weighted by Gasteiger charge is -1.94. The van der Waals surface area contributed by atoms with Gasteiger partial charge in [-0.2, -0.15) is 0 Å². The number of aliphatic imine (C=N–C) groups is 1. The Hall–Kier alpha value is -1.76. The summed E-state index contributed by atoms with van der Waals surface area (Å²) in [6.45, 7) is 0. The van der Waals surface area contributed by atoms with E-state index in [1.807, 2.05) is 0 Å². The van der Waals surface area contributed by atoms with Crippen LogP contribution in [0.1, 0.15) is 5.82 Å². The Morgan fingerprint density at radius 3 is 2.40 bits per heavy atom. The highest BCUT2D eigenvalue weighted by Crippen LogP contribution is 2.15. The first-order chi connectivity index (χ1) is 7.07. The van der Waals surface area contributed by atoms with Gasteiger partial charge in [0.15, 0.2) is 5.82 Å². The topological polar surface area (TPSA) is 86.4 Å². The lowest BCUT2D eigenvalue weighted by atomic mass is 10.4. The SMILES string of the molecule is CS(=O)(=O)C1=NC(c2ncccn2)=C[N]1. The van der Waals surface area contributed by atoms with Gasteiger partial charge >= 0.3 is 0 Å². The molecule has 1 aromatic heterocycles. The molecule has 0 unspecified atom stereocenters. The summed E-state index contributed by atoms with van der Waals surface area (Å²) >= 11 is 0. The average Bonchev–Trinajstić information content (AvgIpc) is 2.67. The molecule has 2 heterocycles. The quantitative estimate of drug-likeness (QED) is 0.659. The van der Waals surface area contributed by atoms with E-state index < -0.39 is 9.84 Å². The third-order valence-electron chi connectivity index (χ3n) is 1.64. The molecule has 1 aromatic rings.